The molecule has 0 radical (unpaired) electrons. The summed E-state index contributed by atoms with van der Waals surface area (Å²) in [5.41, 5.74) is 2.68. The maximum atomic E-state index is 5.33. The van der Waals surface area contributed by atoms with Gasteiger partial charge >= 0.3 is 0 Å². The van der Waals surface area contributed by atoms with E-state index in [1.54, 1.807) is 7.11 Å². The minimum absolute atomic E-state index is 0. The van der Waals surface area contributed by atoms with Crippen molar-refractivity contribution >= 4 is 18.1 Å². The molecule has 14 heavy (non-hydrogen) atoms. The fourth-order valence-corrected chi connectivity index (χ4v) is 1.97. The molecule has 1 aliphatic heterocycles. The molecular weight excluding hydrogens is 198 g/mol. The van der Waals surface area contributed by atoms with E-state index in [1.165, 1.54) is 17.7 Å². The number of rotatable bonds is 1. The monoisotopic (exact) mass is 213 g/mol. The summed E-state index contributed by atoms with van der Waals surface area (Å²) in [6.07, 6.45) is 2.37. The van der Waals surface area contributed by atoms with Crippen LogP contribution in [0.4, 0.5) is 5.69 Å². The summed E-state index contributed by atoms with van der Waals surface area (Å²) >= 11 is 0. The van der Waals surface area contributed by atoms with Crippen LogP contribution in [0.15, 0.2) is 18.2 Å². The maximum Gasteiger partial charge on any atom is 0.124 e. The molecule has 0 aromatic heterocycles. The van der Waals surface area contributed by atoms with E-state index < -0.39 is 0 Å². The molecule has 78 valence electrons. The number of ether oxygens (including phenoxy) is 1. The van der Waals surface area contributed by atoms with Gasteiger partial charge in [0.15, 0.2) is 0 Å². The summed E-state index contributed by atoms with van der Waals surface area (Å²) < 4.78 is 5.33. The molecule has 0 saturated heterocycles. The number of hydrogen-bond acceptors (Lipinski definition) is 2. The Hall–Kier alpha value is -0.890. The lowest BCUT2D eigenvalue weighted by Gasteiger charge is -2.28. The molecule has 0 spiro atoms. The second kappa shape index (κ2) is 4.56. The average Bonchev–Trinajstić information content (AvgIpc) is 2.18. The molecule has 1 heterocycles. The molecule has 2 rings (SSSR count). The standard InChI is InChI=1S/C11H15NO.ClH/c1-12-8-4-5-9-10(12)6-3-7-11(9)13-2;/h3,6-7H,4-5,8H2,1-2H3;1H. The predicted molar refractivity (Wildman–Crippen MR) is 61.8 cm³/mol. The largest absolute Gasteiger partial charge is 0.496 e. The number of hydrogen-bond donors (Lipinski definition) is 0. The highest BCUT2D eigenvalue weighted by Crippen LogP contribution is 2.32. The number of anilines is 1. The van der Waals surface area contributed by atoms with Gasteiger partial charge in [0.05, 0.1) is 7.11 Å². The molecule has 0 aliphatic carbocycles. The first-order valence-corrected chi connectivity index (χ1v) is 4.70. The summed E-state index contributed by atoms with van der Waals surface area (Å²) in [6, 6.07) is 6.26. The van der Waals surface area contributed by atoms with Crippen LogP contribution in [0.25, 0.3) is 0 Å². The quantitative estimate of drug-likeness (QED) is 0.711. The molecule has 2 nitrogen and oxygen atoms in total. The molecule has 0 unspecified atom stereocenters. The van der Waals surface area contributed by atoms with Gasteiger partial charge in [-0.1, -0.05) is 6.07 Å². The normalized spacial score (nSPS) is 14.3. The molecule has 0 bridgehead atoms. The van der Waals surface area contributed by atoms with Gasteiger partial charge in [0.25, 0.3) is 0 Å². The van der Waals surface area contributed by atoms with Gasteiger partial charge < -0.3 is 9.64 Å². The van der Waals surface area contributed by atoms with Crippen molar-refractivity contribution in [1.29, 1.82) is 0 Å². The minimum Gasteiger partial charge on any atom is -0.496 e. The van der Waals surface area contributed by atoms with E-state index in [-0.39, 0.29) is 12.4 Å². The van der Waals surface area contributed by atoms with Crippen molar-refractivity contribution in [3.8, 4) is 5.75 Å². The van der Waals surface area contributed by atoms with Crippen LogP contribution in [0.1, 0.15) is 12.0 Å². The van der Waals surface area contributed by atoms with Crippen molar-refractivity contribution in [2.45, 2.75) is 12.8 Å². The Balaban J connectivity index is 0.000000980. The molecule has 1 aliphatic rings. The minimum atomic E-state index is 0. The Morgan fingerprint density at radius 2 is 2.14 bits per heavy atom. The molecular formula is C11H16ClNO. The lowest BCUT2D eigenvalue weighted by Crippen LogP contribution is -2.24. The molecule has 0 fully saturated rings. The molecule has 0 saturated carbocycles. The van der Waals surface area contributed by atoms with Crippen LogP contribution in [0.2, 0.25) is 0 Å². The van der Waals surface area contributed by atoms with Crippen LogP contribution in [0, 0.1) is 0 Å². The van der Waals surface area contributed by atoms with Crippen molar-refractivity contribution in [2.24, 2.45) is 0 Å². The summed E-state index contributed by atoms with van der Waals surface area (Å²) in [7, 11) is 3.88. The third kappa shape index (κ3) is 1.80. The number of nitrogens with zero attached hydrogens (tertiary/aromatic N) is 1. The Kier molecular flexibility index (Phi) is 3.64. The Morgan fingerprint density at radius 1 is 1.36 bits per heavy atom. The van der Waals surface area contributed by atoms with Crippen molar-refractivity contribution in [3.05, 3.63) is 23.8 Å². The van der Waals surface area contributed by atoms with Crippen LogP contribution in [0.3, 0.4) is 0 Å². The van der Waals surface area contributed by atoms with E-state index in [9.17, 15) is 0 Å². The van der Waals surface area contributed by atoms with Gasteiger partial charge in [-0.25, -0.2) is 0 Å². The lowest BCUT2D eigenvalue weighted by atomic mass is 10.0. The maximum absolute atomic E-state index is 5.33. The van der Waals surface area contributed by atoms with Crippen LogP contribution in [-0.4, -0.2) is 20.7 Å². The zero-order valence-corrected chi connectivity index (χ0v) is 9.43. The highest BCUT2D eigenvalue weighted by atomic mass is 35.5. The molecule has 1 aromatic carbocycles. The molecule has 0 N–H and O–H groups in total. The van der Waals surface area contributed by atoms with Crippen LogP contribution in [-0.2, 0) is 6.42 Å². The van der Waals surface area contributed by atoms with Crippen molar-refractivity contribution < 1.29 is 4.74 Å². The zero-order chi connectivity index (χ0) is 9.26. The third-order valence-corrected chi connectivity index (χ3v) is 2.66. The molecule has 3 heteroatoms. The van der Waals surface area contributed by atoms with Gasteiger partial charge in [0, 0.05) is 24.8 Å². The number of fused-ring (bicyclic) bond motifs is 1. The second-order valence-corrected chi connectivity index (χ2v) is 3.48. The number of benzene rings is 1. The Morgan fingerprint density at radius 3 is 2.86 bits per heavy atom. The van der Waals surface area contributed by atoms with Crippen LogP contribution >= 0.6 is 12.4 Å². The molecule has 0 amide bonds. The van der Waals surface area contributed by atoms with E-state index in [1.807, 2.05) is 6.07 Å². The number of halogens is 1. The summed E-state index contributed by atoms with van der Waals surface area (Å²) in [5, 5.41) is 0. The van der Waals surface area contributed by atoms with Crippen molar-refractivity contribution in [2.75, 3.05) is 25.6 Å². The van der Waals surface area contributed by atoms with Gasteiger partial charge in [-0.15, -0.1) is 12.4 Å². The fraction of sp³-hybridized carbons (Fsp3) is 0.455. The fourth-order valence-electron chi connectivity index (χ4n) is 1.97. The van der Waals surface area contributed by atoms with Crippen molar-refractivity contribution in [1.82, 2.24) is 0 Å². The van der Waals surface area contributed by atoms with Gasteiger partial charge in [0.2, 0.25) is 0 Å². The van der Waals surface area contributed by atoms with Crippen LogP contribution in [0.5, 0.6) is 5.75 Å². The highest BCUT2D eigenvalue weighted by molar-refractivity contribution is 5.85. The smallest absolute Gasteiger partial charge is 0.124 e. The van der Waals surface area contributed by atoms with E-state index in [0.717, 1.165) is 18.7 Å². The second-order valence-electron chi connectivity index (χ2n) is 3.48. The van der Waals surface area contributed by atoms with E-state index >= 15 is 0 Å². The Labute approximate surface area is 91.3 Å². The van der Waals surface area contributed by atoms with E-state index in [4.69, 9.17) is 4.74 Å². The van der Waals surface area contributed by atoms with Gasteiger partial charge in [0.1, 0.15) is 5.75 Å². The van der Waals surface area contributed by atoms with Gasteiger partial charge in [-0.2, -0.15) is 0 Å². The molecule has 1 aromatic rings. The first-order chi connectivity index (χ1) is 6.33. The zero-order valence-electron chi connectivity index (χ0n) is 8.62. The SMILES string of the molecule is COc1cccc2c1CCCN2C.Cl. The lowest BCUT2D eigenvalue weighted by molar-refractivity contribution is 0.408. The molecule has 0 atom stereocenters. The van der Waals surface area contributed by atoms with Crippen LogP contribution < -0.4 is 9.64 Å². The van der Waals surface area contributed by atoms with Crippen molar-refractivity contribution in [3.63, 3.8) is 0 Å². The van der Waals surface area contributed by atoms with Gasteiger partial charge in [-0.05, 0) is 25.0 Å². The topological polar surface area (TPSA) is 12.5 Å². The Bertz CT molecular complexity index is 314. The van der Waals surface area contributed by atoms with E-state index in [0.29, 0.717) is 0 Å². The third-order valence-electron chi connectivity index (χ3n) is 2.66. The predicted octanol–water partition coefficient (Wildman–Crippen LogP) is 2.50. The first-order valence-electron chi connectivity index (χ1n) is 4.70. The van der Waals surface area contributed by atoms with Gasteiger partial charge in [-0.3, -0.25) is 0 Å². The summed E-state index contributed by atoms with van der Waals surface area (Å²) in [5.74, 6) is 1.03. The average molecular weight is 214 g/mol. The summed E-state index contributed by atoms with van der Waals surface area (Å²) in [4.78, 5) is 2.29. The van der Waals surface area contributed by atoms with E-state index in [2.05, 4.69) is 24.1 Å². The highest BCUT2D eigenvalue weighted by Gasteiger charge is 2.16. The number of methoxy groups -OCH3 is 1. The first kappa shape index (κ1) is 11.2. The summed E-state index contributed by atoms with van der Waals surface area (Å²) in [6.45, 7) is 1.15.